The van der Waals surface area contributed by atoms with Gasteiger partial charge in [0.1, 0.15) is 5.01 Å². The molecule has 0 aliphatic carbocycles. The van der Waals surface area contributed by atoms with Crippen molar-refractivity contribution in [2.24, 2.45) is 0 Å². The van der Waals surface area contributed by atoms with Crippen molar-refractivity contribution >= 4 is 11.3 Å². The predicted molar refractivity (Wildman–Crippen MR) is 65.5 cm³/mol. The second kappa shape index (κ2) is 7.73. The summed E-state index contributed by atoms with van der Waals surface area (Å²) >= 11 is 1.70. The van der Waals surface area contributed by atoms with Gasteiger partial charge >= 0.3 is 0 Å². The Kier molecular flexibility index (Phi) is 6.56. The smallest absolute Gasteiger partial charge is 0.119 e. The van der Waals surface area contributed by atoms with E-state index in [1.54, 1.807) is 18.4 Å². The van der Waals surface area contributed by atoms with Crippen LogP contribution in [0.15, 0.2) is 0 Å². The van der Waals surface area contributed by atoms with E-state index in [0.717, 1.165) is 30.4 Å². The van der Waals surface area contributed by atoms with Crippen LogP contribution in [0.25, 0.3) is 0 Å². The summed E-state index contributed by atoms with van der Waals surface area (Å²) in [5.74, 6) is 0. The van der Waals surface area contributed by atoms with E-state index < -0.39 is 0 Å². The van der Waals surface area contributed by atoms with Crippen molar-refractivity contribution in [2.75, 3.05) is 20.3 Å². The van der Waals surface area contributed by atoms with Gasteiger partial charge in [0.05, 0.1) is 18.9 Å². The molecule has 0 amide bonds. The van der Waals surface area contributed by atoms with Crippen LogP contribution in [0.3, 0.4) is 0 Å². The number of ether oxygens (including phenoxy) is 2. The number of nitrogens with zero attached hydrogens (tertiary/aromatic N) is 1. The Labute approximate surface area is 101 Å². The molecule has 1 N–H and O–H groups in total. The van der Waals surface area contributed by atoms with Gasteiger partial charge in [-0.1, -0.05) is 6.92 Å². The number of rotatable bonds is 8. The molecule has 0 bridgehead atoms. The minimum Gasteiger partial charge on any atom is -0.378 e. The van der Waals surface area contributed by atoms with E-state index in [1.807, 2.05) is 6.92 Å². The Balaban J connectivity index is 2.65. The molecule has 92 valence electrons. The fourth-order valence-corrected chi connectivity index (χ4v) is 2.29. The maximum absolute atomic E-state index is 5.36. The molecule has 0 saturated carbocycles. The number of hydrogen-bond acceptors (Lipinski definition) is 5. The van der Waals surface area contributed by atoms with Crippen molar-refractivity contribution in [3.8, 4) is 0 Å². The highest BCUT2D eigenvalue weighted by molar-refractivity contribution is 7.11. The average molecular weight is 244 g/mol. The van der Waals surface area contributed by atoms with Gasteiger partial charge in [0.2, 0.25) is 0 Å². The Hall–Kier alpha value is -0.490. The van der Waals surface area contributed by atoms with Crippen LogP contribution in [0.1, 0.15) is 29.4 Å². The van der Waals surface area contributed by atoms with E-state index in [1.165, 1.54) is 4.88 Å². The van der Waals surface area contributed by atoms with Gasteiger partial charge in [-0.2, -0.15) is 0 Å². The van der Waals surface area contributed by atoms with Crippen LogP contribution in [0, 0.1) is 0 Å². The summed E-state index contributed by atoms with van der Waals surface area (Å²) in [6, 6.07) is 0. The molecular weight excluding hydrogens is 224 g/mol. The molecule has 4 nitrogen and oxygen atoms in total. The van der Waals surface area contributed by atoms with Crippen molar-refractivity contribution in [3.05, 3.63) is 15.6 Å². The monoisotopic (exact) mass is 244 g/mol. The molecule has 0 aromatic carbocycles. The molecule has 1 heterocycles. The van der Waals surface area contributed by atoms with Crippen molar-refractivity contribution in [1.82, 2.24) is 10.3 Å². The SMILES string of the molecule is CCNCc1sc(COCC)nc1COC. The molecule has 0 aliphatic rings. The predicted octanol–water partition coefficient (Wildman–Crippen LogP) is 1.94. The number of hydrogen-bond donors (Lipinski definition) is 1. The maximum atomic E-state index is 5.36. The zero-order valence-electron chi connectivity index (χ0n) is 10.2. The fraction of sp³-hybridized carbons (Fsp3) is 0.727. The van der Waals surface area contributed by atoms with Crippen LogP contribution in [0.4, 0.5) is 0 Å². The third-order valence-corrected chi connectivity index (χ3v) is 3.14. The molecule has 0 radical (unpaired) electrons. The third-order valence-electron chi connectivity index (χ3n) is 2.07. The fourth-order valence-electron chi connectivity index (χ4n) is 1.31. The van der Waals surface area contributed by atoms with E-state index in [9.17, 15) is 0 Å². The van der Waals surface area contributed by atoms with Gasteiger partial charge in [-0.25, -0.2) is 4.98 Å². The van der Waals surface area contributed by atoms with Crippen LogP contribution in [-0.4, -0.2) is 25.2 Å². The first kappa shape index (κ1) is 13.6. The van der Waals surface area contributed by atoms with Gasteiger partial charge < -0.3 is 14.8 Å². The highest BCUT2D eigenvalue weighted by Gasteiger charge is 2.10. The van der Waals surface area contributed by atoms with Gasteiger partial charge in [0, 0.05) is 25.1 Å². The van der Waals surface area contributed by atoms with E-state index in [4.69, 9.17) is 9.47 Å². The zero-order chi connectivity index (χ0) is 11.8. The summed E-state index contributed by atoms with van der Waals surface area (Å²) < 4.78 is 10.5. The summed E-state index contributed by atoms with van der Waals surface area (Å²) in [6.07, 6.45) is 0. The first-order valence-electron chi connectivity index (χ1n) is 5.56. The molecule has 5 heteroatoms. The van der Waals surface area contributed by atoms with Crippen LogP contribution < -0.4 is 5.32 Å². The summed E-state index contributed by atoms with van der Waals surface area (Å²) in [4.78, 5) is 5.77. The minimum atomic E-state index is 0.573. The minimum absolute atomic E-state index is 0.573. The summed E-state index contributed by atoms with van der Waals surface area (Å²) in [7, 11) is 1.69. The Bertz CT molecular complexity index is 302. The molecule has 0 aliphatic heterocycles. The van der Waals surface area contributed by atoms with Crippen LogP contribution in [0.2, 0.25) is 0 Å². The largest absolute Gasteiger partial charge is 0.378 e. The number of methoxy groups -OCH3 is 1. The second-order valence-corrected chi connectivity index (χ2v) is 4.50. The lowest BCUT2D eigenvalue weighted by Crippen LogP contribution is -2.12. The molecule has 1 aromatic rings. The Morgan fingerprint density at radius 1 is 1.31 bits per heavy atom. The van der Waals surface area contributed by atoms with Gasteiger partial charge in [0.15, 0.2) is 0 Å². The number of thiazole rings is 1. The van der Waals surface area contributed by atoms with Gasteiger partial charge in [0.25, 0.3) is 0 Å². The average Bonchev–Trinajstić information content (AvgIpc) is 2.67. The molecule has 0 spiro atoms. The van der Waals surface area contributed by atoms with Crippen molar-refractivity contribution in [2.45, 2.75) is 33.6 Å². The van der Waals surface area contributed by atoms with Crippen molar-refractivity contribution < 1.29 is 9.47 Å². The Morgan fingerprint density at radius 2 is 2.12 bits per heavy atom. The van der Waals surface area contributed by atoms with Gasteiger partial charge in [-0.3, -0.25) is 0 Å². The molecule has 0 saturated heterocycles. The van der Waals surface area contributed by atoms with Crippen LogP contribution >= 0.6 is 11.3 Å². The van der Waals surface area contributed by atoms with E-state index in [2.05, 4.69) is 17.2 Å². The first-order chi connectivity index (χ1) is 7.81. The van der Waals surface area contributed by atoms with Gasteiger partial charge in [-0.05, 0) is 13.5 Å². The topological polar surface area (TPSA) is 43.4 Å². The number of aromatic nitrogens is 1. The van der Waals surface area contributed by atoms with Crippen LogP contribution in [-0.2, 0) is 29.2 Å². The quantitative estimate of drug-likeness (QED) is 0.759. The molecule has 0 atom stereocenters. The summed E-state index contributed by atoms with van der Waals surface area (Å²) in [5, 5.41) is 4.34. The molecule has 0 unspecified atom stereocenters. The van der Waals surface area contributed by atoms with Crippen molar-refractivity contribution in [1.29, 1.82) is 0 Å². The lowest BCUT2D eigenvalue weighted by atomic mass is 10.3. The van der Waals surface area contributed by atoms with E-state index in [0.29, 0.717) is 13.2 Å². The first-order valence-corrected chi connectivity index (χ1v) is 6.38. The van der Waals surface area contributed by atoms with Crippen LogP contribution in [0.5, 0.6) is 0 Å². The highest BCUT2D eigenvalue weighted by Crippen LogP contribution is 2.20. The zero-order valence-corrected chi connectivity index (χ0v) is 11.0. The summed E-state index contributed by atoms with van der Waals surface area (Å²) in [6.45, 7) is 7.81. The standard InChI is InChI=1S/C11H20N2O2S/c1-4-12-6-10-9(7-14-3)13-11(16-10)8-15-5-2/h12H,4-8H2,1-3H3. The van der Waals surface area contributed by atoms with Gasteiger partial charge in [-0.15, -0.1) is 11.3 Å². The molecule has 0 fully saturated rings. The van der Waals surface area contributed by atoms with E-state index in [-0.39, 0.29) is 0 Å². The van der Waals surface area contributed by atoms with E-state index >= 15 is 0 Å². The normalized spacial score (nSPS) is 10.9. The molecule has 16 heavy (non-hydrogen) atoms. The molecule has 1 aromatic heterocycles. The number of nitrogens with one attached hydrogen (secondary N) is 1. The maximum Gasteiger partial charge on any atom is 0.119 e. The Morgan fingerprint density at radius 3 is 2.75 bits per heavy atom. The molecule has 1 rings (SSSR count). The van der Waals surface area contributed by atoms with Crippen molar-refractivity contribution in [3.63, 3.8) is 0 Å². The molecular formula is C11H20N2O2S. The lowest BCUT2D eigenvalue weighted by Gasteiger charge is -2.00. The second-order valence-electron chi connectivity index (χ2n) is 3.33. The highest BCUT2D eigenvalue weighted by atomic mass is 32.1. The lowest BCUT2D eigenvalue weighted by molar-refractivity contribution is 0.133. The third kappa shape index (κ3) is 4.17. The summed E-state index contributed by atoms with van der Waals surface area (Å²) in [5.41, 5.74) is 1.03.